The van der Waals surface area contributed by atoms with Gasteiger partial charge in [0, 0.05) is 24.1 Å². The maximum Gasteiger partial charge on any atom is 0.247 e. The van der Waals surface area contributed by atoms with Crippen LogP contribution in [0.4, 0.5) is 5.69 Å². The first-order chi connectivity index (χ1) is 11.6. The number of nitrogens with one attached hydrogen (secondary N) is 1. The maximum atomic E-state index is 12.1. The molecule has 0 radical (unpaired) electrons. The minimum Gasteiger partial charge on any atom is -0.421 e. The average molecular weight is 321 g/mol. The number of anilines is 1. The monoisotopic (exact) mass is 321 g/mol. The summed E-state index contributed by atoms with van der Waals surface area (Å²) in [4.78, 5) is 12.1. The molecule has 0 spiro atoms. The van der Waals surface area contributed by atoms with Crippen LogP contribution in [0.15, 0.2) is 52.9 Å². The Balaban J connectivity index is 1.58. The van der Waals surface area contributed by atoms with E-state index in [1.54, 1.807) is 0 Å². The lowest BCUT2D eigenvalue weighted by Crippen LogP contribution is -2.13. The molecular formula is C19H19N3O2. The lowest BCUT2D eigenvalue weighted by molar-refractivity contribution is -0.116. The van der Waals surface area contributed by atoms with Crippen molar-refractivity contribution >= 4 is 11.6 Å². The third-order valence-electron chi connectivity index (χ3n) is 3.71. The van der Waals surface area contributed by atoms with Crippen LogP contribution in [0.1, 0.15) is 23.4 Å². The first kappa shape index (κ1) is 15.9. The van der Waals surface area contributed by atoms with Gasteiger partial charge in [0.25, 0.3) is 0 Å². The van der Waals surface area contributed by atoms with Crippen molar-refractivity contribution in [3.63, 3.8) is 0 Å². The highest BCUT2D eigenvalue weighted by atomic mass is 16.4. The summed E-state index contributed by atoms with van der Waals surface area (Å²) in [5, 5.41) is 10.9. The molecule has 1 aromatic heterocycles. The van der Waals surface area contributed by atoms with E-state index in [9.17, 15) is 4.79 Å². The highest BCUT2D eigenvalue weighted by Crippen LogP contribution is 2.18. The molecular weight excluding hydrogens is 302 g/mol. The van der Waals surface area contributed by atoms with E-state index < -0.39 is 0 Å². The van der Waals surface area contributed by atoms with Crippen molar-refractivity contribution in [2.75, 3.05) is 5.32 Å². The van der Waals surface area contributed by atoms with Crippen LogP contribution < -0.4 is 5.32 Å². The van der Waals surface area contributed by atoms with Crippen molar-refractivity contribution in [3.8, 4) is 11.5 Å². The summed E-state index contributed by atoms with van der Waals surface area (Å²) in [6.07, 6.45) is 0.709. The van der Waals surface area contributed by atoms with E-state index in [4.69, 9.17) is 4.42 Å². The molecule has 0 saturated carbocycles. The van der Waals surface area contributed by atoms with Crippen molar-refractivity contribution < 1.29 is 9.21 Å². The number of amides is 1. The number of aromatic nitrogens is 2. The zero-order valence-corrected chi connectivity index (χ0v) is 13.7. The van der Waals surface area contributed by atoms with Crippen molar-refractivity contribution in [2.45, 2.75) is 26.7 Å². The zero-order valence-electron chi connectivity index (χ0n) is 13.7. The molecule has 0 unspecified atom stereocenters. The van der Waals surface area contributed by atoms with Crippen molar-refractivity contribution in [3.05, 3.63) is 65.5 Å². The molecule has 5 nitrogen and oxygen atoms in total. The van der Waals surface area contributed by atoms with E-state index in [-0.39, 0.29) is 5.91 Å². The molecule has 1 amide bonds. The number of hydrogen-bond acceptors (Lipinski definition) is 4. The van der Waals surface area contributed by atoms with Crippen LogP contribution in [-0.2, 0) is 11.2 Å². The number of aryl methyl sites for hydroxylation is 3. The van der Waals surface area contributed by atoms with E-state index in [0.717, 1.165) is 16.8 Å². The molecule has 0 aliphatic carbocycles. The fraction of sp³-hybridized carbons (Fsp3) is 0.211. The SMILES string of the molecule is Cc1ccc(NC(=O)CCc2nnc(-c3ccccc3)o2)c(C)c1. The van der Waals surface area contributed by atoms with Gasteiger partial charge >= 0.3 is 0 Å². The van der Waals surface area contributed by atoms with E-state index in [1.807, 2.05) is 62.4 Å². The molecule has 0 aliphatic rings. The molecule has 0 fully saturated rings. The Labute approximate surface area is 140 Å². The second kappa shape index (κ2) is 7.08. The van der Waals surface area contributed by atoms with Crippen LogP contribution in [0.25, 0.3) is 11.5 Å². The largest absolute Gasteiger partial charge is 0.421 e. The molecule has 0 saturated heterocycles. The van der Waals surface area contributed by atoms with E-state index in [2.05, 4.69) is 15.5 Å². The quantitative estimate of drug-likeness (QED) is 0.773. The van der Waals surface area contributed by atoms with Gasteiger partial charge in [-0.1, -0.05) is 35.9 Å². The molecule has 3 aromatic rings. The number of rotatable bonds is 5. The Bertz CT molecular complexity index is 841. The number of carbonyl (C=O) groups excluding carboxylic acids is 1. The van der Waals surface area contributed by atoms with Gasteiger partial charge in [0.1, 0.15) is 0 Å². The van der Waals surface area contributed by atoms with Gasteiger partial charge < -0.3 is 9.73 Å². The Morgan fingerprint density at radius 3 is 2.62 bits per heavy atom. The molecule has 24 heavy (non-hydrogen) atoms. The maximum absolute atomic E-state index is 12.1. The average Bonchev–Trinajstić information content (AvgIpc) is 3.05. The van der Waals surface area contributed by atoms with Gasteiger partial charge in [0.05, 0.1) is 0 Å². The van der Waals surface area contributed by atoms with Gasteiger partial charge in [-0.25, -0.2) is 0 Å². The van der Waals surface area contributed by atoms with Crippen LogP contribution >= 0.6 is 0 Å². The van der Waals surface area contributed by atoms with Gasteiger partial charge in [0.15, 0.2) is 0 Å². The minimum atomic E-state index is -0.0681. The predicted octanol–water partition coefficient (Wildman–Crippen LogP) is 3.92. The molecule has 2 aromatic carbocycles. The third-order valence-corrected chi connectivity index (χ3v) is 3.71. The zero-order chi connectivity index (χ0) is 16.9. The Morgan fingerprint density at radius 1 is 1.08 bits per heavy atom. The van der Waals surface area contributed by atoms with Crippen LogP contribution in [0, 0.1) is 13.8 Å². The van der Waals surface area contributed by atoms with E-state index in [0.29, 0.717) is 24.6 Å². The van der Waals surface area contributed by atoms with Crippen LogP contribution in [-0.4, -0.2) is 16.1 Å². The Hall–Kier alpha value is -2.95. The molecule has 0 atom stereocenters. The minimum absolute atomic E-state index is 0.0681. The smallest absolute Gasteiger partial charge is 0.247 e. The lowest BCUT2D eigenvalue weighted by atomic mass is 10.1. The fourth-order valence-electron chi connectivity index (χ4n) is 2.44. The Kier molecular flexibility index (Phi) is 4.70. The summed E-state index contributed by atoms with van der Waals surface area (Å²) in [6, 6.07) is 15.5. The normalized spacial score (nSPS) is 10.6. The molecule has 3 rings (SSSR count). The van der Waals surface area contributed by atoms with Gasteiger partial charge in [-0.3, -0.25) is 4.79 Å². The molecule has 1 N–H and O–H groups in total. The number of nitrogens with zero attached hydrogens (tertiary/aromatic N) is 2. The molecule has 122 valence electrons. The summed E-state index contributed by atoms with van der Waals surface area (Å²) in [5.74, 6) is 0.867. The summed E-state index contributed by atoms with van der Waals surface area (Å²) in [5.41, 5.74) is 3.93. The van der Waals surface area contributed by atoms with Crippen LogP contribution in [0.2, 0.25) is 0 Å². The summed E-state index contributed by atoms with van der Waals surface area (Å²) < 4.78 is 5.61. The number of hydrogen-bond donors (Lipinski definition) is 1. The Morgan fingerprint density at radius 2 is 1.88 bits per heavy atom. The number of benzene rings is 2. The molecule has 0 aliphatic heterocycles. The predicted molar refractivity (Wildman–Crippen MR) is 92.6 cm³/mol. The van der Waals surface area contributed by atoms with Gasteiger partial charge in [-0.05, 0) is 37.6 Å². The molecule has 0 bridgehead atoms. The van der Waals surface area contributed by atoms with E-state index in [1.165, 1.54) is 5.56 Å². The van der Waals surface area contributed by atoms with Gasteiger partial charge in [-0.15, -0.1) is 10.2 Å². The highest BCUT2D eigenvalue weighted by Gasteiger charge is 2.11. The van der Waals surface area contributed by atoms with Gasteiger partial charge in [-0.2, -0.15) is 0 Å². The summed E-state index contributed by atoms with van der Waals surface area (Å²) >= 11 is 0. The van der Waals surface area contributed by atoms with Crippen molar-refractivity contribution in [1.29, 1.82) is 0 Å². The second-order valence-corrected chi connectivity index (χ2v) is 5.73. The first-order valence-corrected chi connectivity index (χ1v) is 7.87. The van der Waals surface area contributed by atoms with E-state index >= 15 is 0 Å². The summed E-state index contributed by atoms with van der Waals surface area (Å²) in [7, 11) is 0. The molecule has 5 heteroatoms. The highest BCUT2D eigenvalue weighted by molar-refractivity contribution is 5.91. The van der Waals surface area contributed by atoms with Crippen molar-refractivity contribution in [1.82, 2.24) is 10.2 Å². The number of carbonyl (C=O) groups is 1. The topological polar surface area (TPSA) is 68.0 Å². The standard InChI is InChI=1S/C19H19N3O2/c1-13-8-9-16(14(2)12-13)20-17(23)10-11-18-21-22-19(24-18)15-6-4-3-5-7-15/h3-9,12H,10-11H2,1-2H3,(H,20,23). The van der Waals surface area contributed by atoms with Crippen LogP contribution in [0.3, 0.4) is 0 Å². The van der Waals surface area contributed by atoms with Crippen LogP contribution in [0.5, 0.6) is 0 Å². The fourth-order valence-corrected chi connectivity index (χ4v) is 2.44. The van der Waals surface area contributed by atoms with Crippen molar-refractivity contribution in [2.24, 2.45) is 0 Å². The second-order valence-electron chi connectivity index (χ2n) is 5.73. The lowest BCUT2D eigenvalue weighted by Gasteiger charge is -2.08. The van der Waals surface area contributed by atoms with Gasteiger partial charge in [0.2, 0.25) is 17.7 Å². The first-order valence-electron chi connectivity index (χ1n) is 7.87. The molecule has 1 heterocycles. The summed E-state index contributed by atoms with van der Waals surface area (Å²) in [6.45, 7) is 4.01. The third kappa shape index (κ3) is 3.87.